The van der Waals surface area contributed by atoms with Crippen LogP contribution in [0.5, 0.6) is 0 Å². The summed E-state index contributed by atoms with van der Waals surface area (Å²) in [6, 6.07) is 6.85. The number of ether oxygens (including phenoxy) is 1. The molecular formula is C16H25BrN2O. The number of anilines is 1. The van der Waals surface area contributed by atoms with E-state index < -0.39 is 0 Å². The second-order valence-electron chi connectivity index (χ2n) is 5.82. The molecule has 1 aliphatic rings. The van der Waals surface area contributed by atoms with Gasteiger partial charge in [0.1, 0.15) is 0 Å². The average molecular weight is 341 g/mol. The number of hydrogen-bond donors (Lipinski definition) is 1. The smallest absolute Gasteiger partial charge is 0.0726 e. The SMILES string of the molecule is CCC(N)Cc1ccc(N2C[C@@H](C)O[C@@H](C)C2)c(Br)c1. The monoisotopic (exact) mass is 340 g/mol. The van der Waals surface area contributed by atoms with E-state index in [4.69, 9.17) is 10.5 Å². The molecule has 2 N–H and O–H groups in total. The third-order valence-electron chi connectivity index (χ3n) is 3.79. The van der Waals surface area contributed by atoms with Gasteiger partial charge in [-0.2, -0.15) is 0 Å². The molecule has 112 valence electrons. The zero-order chi connectivity index (χ0) is 14.7. The molecule has 3 atom stereocenters. The van der Waals surface area contributed by atoms with Crippen molar-refractivity contribution in [3.05, 3.63) is 28.2 Å². The Kier molecular flexibility index (Phi) is 5.47. The standard InChI is InChI=1S/C16H25BrN2O/c1-4-14(18)7-13-5-6-16(15(17)8-13)19-9-11(2)20-12(3)10-19/h5-6,8,11-12,14H,4,7,9-10,18H2,1-3H3/t11-,12+,14?. The van der Waals surface area contributed by atoms with Crippen molar-refractivity contribution < 1.29 is 4.74 Å². The van der Waals surface area contributed by atoms with Crippen molar-refractivity contribution in [2.75, 3.05) is 18.0 Å². The largest absolute Gasteiger partial charge is 0.372 e. The van der Waals surface area contributed by atoms with Gasteiger partial charge in [-0.3, -0.25) is 0 Å². The van der Waals surface area contributed by atoms with E-state index in [0.29, 0.717) is 0 Å². The van der Waals surface area contributed by atoms with Crippen LogP contribution in [0.15, 0.2) is 22.7 Å². The molecule has 0 aromatic heterocycles. The summed E-state index contributed by atoms with van der Waals surface area (Å²) >= 11 is 3.71. The Labute approximate surface area is 130 Å². The topological polar surface area (TPSA) is 38.5 Å². The lowest BCUT2D eigenvalue weighted by Gasteiger charge is -2.37. The normalized spacial score (nSPS) is 24.8. The van der Waals surface area contributed by atoms with Crippen LogP contribution in [0.4, 0.5) is 5.69 Å². The third kappa shape index (κ3) is 3.96. The molecule has 1 aliphatic heterocycles. The molecule has 1 saturated heterocycles. The number of hydrogen-bond acceptors (Lipinski definition) is 3. The zero-order valence-electron chi connectivity index (χ0n) is 12.6. The Hall–Kier alpha value is -0.580. The highest BCUT2D eigenvalue weighted by atomic mass is 79.9. The van der Waals surface area contributed by atoms with E-state index in [1.807, 2.05) is 0 Å². The summed E-state index contributed by atoms with van der Waals surface area (Å²) in [4.78, 5) is 2.40. The summed E-state index contributed by atoms with van der Waals surface area (Å²) in [6.45, 7) is 8.27. The molecule has 3 nitrogen and oxygen atoms in total. The van der Waals surface area contributed by atoms with E-state index in [1.54, 1.807) is 0 Å². The minimum absolute atomic E-state index is 0.246. The van der Waals surface area contributed by atoms with Gasteiger partial charge in [-0.15, -0.1) is 0 Å². The summed E-state index contributed by atoms with van der Waals surface area (Å²) in [7, 11) is 0. The highest BCUT2D eigenvalue weighted by molar-refractivity contribution is 9.10. The minimum Gasteiger partial charge on any atom is -0.372 e. The van der Waals surface area contributed by atoms with Crippen LogP contribution in [0.1, 0.15) is 32.8 Å². The fourth-order valence-electron chi connectivity index (χ4n) is 2.76. The van der Waals surface area contributed by atoms with Crippen LogP contribution in [0.2, 0.25) is 0 Å². The number of benzene rings is 1. The molecule has 1 aromatic rings. The molecule has 0 amide bonds. The summed E-state index contributed by atoms with van der Waals surface area (Å²) in [5, 5.41) is 0. The lowest BCUT2D eigenvalue weighted by molar-refractivity contribution is -0.00525. The highest BCUT2D eigenvalue weighted by Gasteiger charge is 2.23. The van der Waals surface area contributed by atoms with Crippen LogP contribution in [0, 0.1) is 0 Å². The highest BCUT2D eigenvalue weighted by Crippen LogP contribution is 2.30. The lowest BCUT2D eigenvalue weighted by atomic mass is 10.0. The Balaban J connectivity index is 2.13. The maximum Gasteiger partial charge on any atom is 0.0726 e. The Morgan fingerprint density at radius 3 is 2.55 bits per heavy atom. The van der Waals surface area contributed by atoms with Gasteiger partial charge in [-0.25, -0.2) is 0 Å². The maximum atomic E-state index is 6.03. The molecule has 0 saturated carbocycles. The predicted octanol–water partition coefficient (Wildman–Crippen LogP) is 3.34. The van der Waals surface area contributed by atoms with Crippen LogP contribution >= 0.6 is 15.9 Å². The molecule has 0 radical (unpaired) electrons. The first-order valence-corrected chi connectivity index (χ1v) is 8.23. The van der Waals surface area contributed by atoms with E-state index in [9.17, 15) is 0 Å². The Morgan fingerprint density at radius 2 is 2.00 bits per heavy atom. The fraction of sp³-hybridized carbons (Fsp3) is 0.625. The molecule has 0 spiro atoms. The van der Waals surface area contributed by atoms with Crippen molar-refractivity contribution >= 4 is 21.6 Å². The van der Waals surface area contributed by atoms with Gasteiger partial charge in [-0.1, -0.05) is 13.0 Å². The second-order valence-corrected chi connectivity index (χ2v) is 6.67. The number of nitrogens with zero attached hydrogens (tertiary/aromatic N) is 1. The van der Waals surface area contributed by atoms with Gasteiger partial charge in [0.25, 0.3) is 0 Å². The molecule has 1 unspecified atom stereocenters. The molecular weight excluding hydrogens is 316 g/mol. The van der Waals surface area contributed by atoms with Crippen molar-refractivity contribution in [1.82, 2.24) is 0 Å². The van der Waals surface area contributed by atoms with Crippen LogP contribution in [-0.2, 0) is 11.2 Å². The number of morpholine rings is 1. The summed E-state index contributed by atoms with van der Waals surface area (Å²) in [5.41, 5.74) is 8.58. The first-order valence-electron chi connectivity index (χ1n) is 7.44. The van der Waals surface area contributed by atoms with E-state index >= 15 is 0 Å². The van der Waals surface area contributed by atoms with Crippen molar-refractivity contribution in [2.45, 2.75) is 51.9 Å². The Bertz CT molecular complexity index is 442. The number of rotatable bonds is 4. The molecule has 1 aromatic carbocycles. The first-order chi connectivity index (χ1) is 9.49. The van der Waals surface area contributed by atoms with E-state index in [2.05, 4.69) is 59.8 Å². The second kappa shape index (κ2) is 6.92. The zero-order valence-corrected chi connectivity index (χ0v) is 14.2. The summed E-state index contributed by atoms with van der Waals surface area (Å²) < 4.78 is 6.95. The molecule has 1 heterocycles. The van der Waals surface area contributed by atoms with Gasteiger partial charge in [-0.05, 0) is 60.3 Å². The Morgan fingerprint density at radius 1 is 1.35 bits per heavy atom. The quantitative estimate of drug-likeness (QED) is 0.913. The van der Waals surface area contributed by atoms with Gasteiger partial charge in [0.2, 0.25) is 0 Å². The van der Waals surface area contributed by atoms with E-state index in [-0.39, 0.29) is 18.2 Å². The van der Waals surface area contributed by atoms with Crippen LogP contribution < -0.4 is 10.6 Å². The van der Waals surface area contributed by atoms with Gasteiger partial charge < -0.3 is 15.4 Å². The van der Waals surface area contributed by atoms with E-state index in [1.165, 1.54) is 11.3 Å². The molecule has 0 aliphatic carbocycles. The molecule has 1 fully saturated rings. The van der Waals surface area contributed by atoms with Crippen molar-refractivity contribution in [3.63, 3.8) is 0 Å². The molecule has 4 heteroatoms. The summed E-state index contributed by atoms with van der Waals surface area (Å²) in [5.74, 6) is 0. The predicted molar refractivity (Wildman–Crippen MR) is 88.3 cm³/mol. The minimum atomic E-state index is 0.246. The van der Waals surface area contributed by atoms with Crippen molar-refractivity contribution in [2.24, 2.45) is 5.73 Å². The number of nitrogens with two attached hydrogens (primary N) is 1. The third-order valence-corrected chi connectivity index (χ3v) is 4.43. The van der Waals surface area contributed by atoms with Crippen LogP contribution in [-0.4, -0.2) is 31.3 Å². The average Bonchev–Trinajstić information content (AvgIpc) is 2.37. The van der Waals surface area contributed by atoms with Crippen molar-refractivity contribution in [3.8, 4) is 0 Å². The van der Waals surface area contributed by atoms with Gasteiger partial charge in [0.15, 0.2) is 0 Å². The first kappa shape index (κ1) is 15.8. The molecule has 0 bridgehead atoms. The maximum absolute atomic E-state index is 6.03. The van der Waals surface area contributed by atoms with Crippen LogP contribution in [0.3, 0.4) is 0 Å². The van der Waals surface area contributed by atoms with Crippen molar-refractivity contribution in [1.29, 1.82) is 0 Å². The van der Waals surface area contributed by atoms with Gasteiger partial charge in [0.05, 0.1) is 17.9 Å². The summed E-state index contributed by atoms with van der Waals surface area (Å²) in [6.07, 6.45) is 2.50. The number of halogens is 1. The van der Waals surface area contributed by atoms with Gasteiger partial charge in [0, 0.05) is 23.6 Å². The molecule has 2 rings (SSSR count). The van der Waals surface area contributed by atoms with E-state index in [0.717, 1.165) is 30.4 Å². The van der Waals surface area contributed by atoms with Gasteiger partial charge >= 0.3 is 0 Å². The fourth-order valence-corrected chi connectivity index (χ4v) is 3.43. The molecule has 20 heavy (non-hydrogen) atoms. The lowest BCUT2D eigenvalue weighted by Crippen LogP contribution is -2.45. The van der Waals surface area contributed by atoms with Crippen LogP contribution in [0.25, 0.3) is 0 Å².